The molecule has 87 valence electrons. The molecule has 0 bridgehead atoms. The number of benzene rings is 1. The number of rotatable bonds is 3. The normalized spacial score (nSPS) is 9.53. The Hall–Kier alpha value is -1.03. The summed E-state index contributed by atoms with van der Waals surface area (Å²) in [7, 11) is 0. The fourth-order valence-corrected chi connectivity index (χ4v) is 1.59. The SMILES string of the molecule is CCOc1ccccc1-c1ccc(C)cn1.[SnH]. The fourth-order valence-electron chi connectivity index (χ4n) is 1.59. The van der Waals surface area contributed by atoms with Crippen molar-refractivity contribution >= 4 is 23.9 Å². The first-order chi connectivity index (χ1) is 7.81. The minimum absolute atomic E-state index is 0. The zero-order chi connectivity index (χ0) is 11.4. The number of hydrogen-bond acceptors (Lipinski definition) is 2. The molecule has 0 unspecified atom stereocenters. The molecule has 0 atom stereocenters. The number of hydrogen-bond donors (Lipinski definition) is 0. The van der Waals surface area contributed by atoms with Gasteiger partial charge in [-0.15, -0.1) is 0 Å². The van der Waals surface area contributed by atoms with Crippen molar-refractivity contribution in [1.29, 1.82) is 0 Å². The van der Waals surface area contributed by atoms with Gasteiger partial charge in [-0.3, -0.25) is 4.98 Å². The second kappa shape index (κ2) is 6.64. The van der Waals surface area contributed by atoms with E-state index in [0.717, 1.165) is 22.6 Å². The molecule has 0 amide bonds. The zero-order valence-electron chi connectivity index (χ0n) is 10.2. The van der Waals surface area contributed by atoms with Crippen LogP contribution in [0, 0.1) is 6.92 Å². The molecule has 3 heteroatoms. The van der Waals surface area contributed by atoms with E-state index in [0.29, 0.717) is 6.61 Å². The summed E-state index contributed by atoms with van der Waals surface area (Å²) in [6.07, 6.45) is 1.87. The summed E-state index contributed by atoms with van der Waals surface area (Å²) in [4.78, 5) is 4.41. The molecule has 2 rings (SSSR count). The molecule has 0 aliphatic rings. The van der Waals surface area contributed by atoms with Gasteiger partial charge in [-0.1, -0.05) is 18.2 Å². The van der Waals surface area contributed by atoms with Crippen LogP contribution in [-0.2, 0) is 0 Å². The Balaban J connectivity index is 0.00000144. The van der Waals surface area contributed by atoms with Crippen molar-refractivity contribution in [2.24, 2.45) is 0 Å². The summed E-state index contributed by atoms with van der Waals surface area (Å²) in [5.74, 6) is 0.890. The predicted molar refractivity (Wildman–Crippen MR) is 72.7 cm³/mol. The van der Waals surface area contributed by atoms with Crippen molar-refractivity contribution in [3.05, 3.63) is 48.2 Å². The quantitative estimate of drug-likeness (QED) is 0.806. The number of pyridine rings is 1. The van der Waals surface area contributed by atoms with Gasteiger partial charge < -0.3 is 4.74 Å². The summed E-state index contributed by atoms with van der Waals surface area (Å²) in [5.41, 5.74) is 3.16. The van der Waals surface area contributed by atoms with Gasteiger partial charge in [0.05, 0.1) is 12.3 Å². The molecule has 1 heterocycles. The second-order valence-corrected chi connectivity index (χ2v) is 3.65. The Bertz CT molecular complexity index is 468. The fraction of sp³-hybridized carbons (Fsp3) is 0.214. The first-order valence-corrected chi connectivity index (χ1v) is 5.46. The molecule has 0 spiro atoms. The van der Waals surface area contributed by atoms with E-state index < -0.39 is 0 Å². The van der Waals surface area contributed by atoms with Gasteiger partial charge in [-0.25, -0.2) is 0 Å². The van der Waals surface area contributed by atoms with E-state index in [1.165, 1.54) is 0 Å². The van der Waals surface area contributed by atoms with Crippen molar-refractivity contribution < 1.29 is 4.74 Å². The number of aromatic nitrogens is 1. The molecule has 1 aromatic heterocycles. The Labute approximate surface area is 119 Å². The van der Waals surface area contributed by atoms with E-state index in [9.17, 15) is 0 Å². The van der Waals surface area contributed by atoms with E-state index in [1.54, 1.807) is 0 Å². The van der Waals surface area contributed by atoms with Gasteiger partial charge in [0.15, 0.2) is 0 Å². The first kappa shape index (κ1) is 14.0. The summed E-state index contributed by atoms with van der Waals surface area (Å²) in [6.45, 7) is 4.69. The Morgan fingerprint density at radius 2 is 1.88 bits per heavy atom. The summed E-state index contributed by atoms with van der Waals surface area (Å²) in [6, 6.07) is 12.1. The van der Waals surface area contributed by atoms with Crippen LogP contribution in [0.3, 0.4) is 0 Å². The van der Waals surface area contributed by atoms with Crippen molar-refractivity contribution in [3.63, 3.8) is 0 Å². The van der Waals surface area contributed by atoms with Crippen LogP contribution >= 0.6 is 0 Å². The van der Waals surface area contributed by atoms with Crippen LogP contribution in [0.4, 0.5) is 0 Å². The Kier molecular flexibility index (Phi) is 5.48. The molecule has 0 N–H and O–H groups in total. The third kappa shape index (κ3) is 3.46. The summed E-state index contributed by atoms with van der Waals surface area (Å²) in [5, 5.41) is 0. The molecule has 0 saturated heterocycles. The van der Waals surface area contributed by atoms with Crippen LogP contribution in [0.5, 0.6) is 5.75 Å². The van der Waals surface area contributed by atoms with Crippen LogP contribution < -0.4 is 4.74 Å². The standard InChI is InChI=1S/C14H15NO.Sn.H/c1-3-16-14-7-5-4-6-12(14)13-9-8-11(2)10-15-13;;/h4-10H,3H2,1-2H3;;. The molecule has 0 aliphatic carbocycles. The average molecular weight is 333 g/mol. The molecule has 3 radical (unpaired) electrons. The minimum atomic E-state index is 0. The van der Waals surface area contributed by atoms with E-state index in [-0.39, 0.29) is 23.9 Å². The Morgan fingerprint density at radius 1 is 1.12 bits per heavy atom. The summed E-state index contributed by atoms with van der Waals surface area (Å²) >= 11 is 0. The monoisotopic (exact) mass is 334 g/mol. The molecular formula is C14H16NOSn. The average Bonchev–Trinajstić information content (AvgIpc) is 2.32. The van der Waals surface area contributed by atoms with Crippen LogP contribution in [0.2, 0.25) is 0 Å². The first-order valence-electron chi connectivity index (χ1n) is 5.46. The maximum atomic E-state index is 5.58. The van der Waals surface area contributed by atoms with Crippen molar-refractivity contribution in [2.75, 3.05) is 6.61 Å². The number of nitrogens with zero attached hydrogens (tertiary/aromatic N) is 1. The van der Waals surface area contributed by atoms with Crippen LogP contribution in [-0.4, -0.2) is 35.5 Å². The third-order valence-corrected chi connectivity index (χ3v) is 2.37. The molecule has 0 fully saturated rings. The molecular weight excluding hydrogens is 317 g/mol. The van der Waals surface area contributed by atoms with Crippen LogP contribution in [0.25, 0.3) is 11.3 Å². The molecule has 0 saturated carbocycles. The second-order valence-electron chi connectivity index (χ2n) is 3.65. The maximum absolute atomic E-state index is 5.58. The Morgan fingerprint density at radius 3 is 2.53 bits per heavy atom. The zero-order valence-corrected chi connectivity index (χ0v) is 13.5. The van der Waals surface area contributed by atoms with Crippen molar-refractivity contribution in [3.8, 4) is 17.0 Å². The predicted octanol–water partition coefficient (Wildman–Crippen LogP) is 2.81. The molecule has 0 aliphatic heterocycles. The van der Waals surface area contributed by atoms with Crippen molar-refractivity contribution in [2.45, 2.75) is 13.8 Å². The molecule has 17 heavy (non-hydrogen) atoms. The number of para-hydroxylation sites is 1. The van der Waals surface area contributed by atoms with Gasteiger partial charge in [0.1, 0.15) is 5.75 Å². The van der Waals surface area contributed by atoms with Gasteiger partial charge in [0, 0.05) is 11.8 Å². The van der Waals surface area contributed by atoms with Crippen LogP contribution in [0.15, 0.2) is 42.6 Å². The summed E-state index contributed by atoms with van der Waals surface area (Å²) < 4.78 is 5.58. The number of ether oxygens (including phenoxy) is 1. The van der Waals surface area contributed by atoms with Gasteiger partial charge in [-0.05, 0) is 37.6 Å². The van der Waals surface area contributed by atoms with E-state index in [1.807, 2.05) is 50.4 Å². The van der Waals surface area contributed by atoms with Crippen LogP contribution in [0.1, 0.15) is 12.5 Å². The number of aryl methyl sites for hydroxylation is 1. The van der Waals surface area contributed by atoms with Crippen molar-refractivity contribution in [1.82, 2.24) is 4.98 Å². The molecule has 2 nitrogen and oxygen atoms in total. The molecule has 2 aromatic rings. The topological polar surface area (TPSA) is 22.1 Å². The van der Waals surface area contributed by atoms with Gasteiger partial charge in [-0.2, -0.15) is 0 Å². The van der Waals surface area contributed by atoms with E-state index >= 15 is 0 Å². The van der Waals surface area contributed by atoms with E-state index in [4.69, 9.17) is 4.74 Å². The van der Waals surface area contributed by atoms with Gasteiger partial charge in [0.2, 0.25) is 0 Å². The van der Waals surface area contributed by atoms with E-state index in [2.05, 4.69) is 11.1 Å². The van der Waals surface area contributed by atoms with Gasteiger partial charge in [0.25, 0.3) is 0 Å². The third-order valence-electron chi connectivity index (χ3n) is 2.37. The van der Waals surface area contributed by atoms with Gasteiger partial charge >= 0.3 is 23.9 Å². The molecule has 1 aromatic carbocycles.